The highest BCUT2D eigenvalue weighted by atomic mass is 32.1. The predicted octanol–water partition coefficient (Wildman–Crippen LogP) is 2.95. The minimum Gasteiger partial charge on any atom is -0.481 e. The Morgan fingerprint density at radius 2 is 2.29 bits per heavy atom. The number of hydrogen-bond acceptors (Lipinski definition) is 3. The highest BCUT2D eigenvalue weighted by Crippen LogP contribution is 2.27. The topological polar surface area (TPSA) is 69.6 Å². The third-order valence-corrected chi connectivity index (χ3v) is 4.79. The van der Waals surface area contributed by atoms with Crippen molar-refractivity contribution in [3.63, 3.8) is 0 Å². The molecule has 0 spiro atoms. The van der Waals surface area contributed by atoms with Crippen molar-refractivity contribution in [3.05, 3.63) is 22.4 Å². The van der Waals surface area contributed by atoms with E-state index in [4.69, 9.17) is 5.11 Å². The van der Waals surface area contributed by atoms with Crippen molar-refractivity contribution >= 4 is 23.3 Å². The SMILES string of the molecule is CC(C)C(NC(=O)N1CCC(CC(=O)O)C1)c1cccs1. The number of aliphatic carboxylic acids is 1. The standard InChI is InChI=1S/C15H22N2O3S/c1-10(2)14(12-4-3-7-21-12)16-15(20)17-6-5-11(9-17)8-13(18)19/h3-4,7,10-11,14H,5-6,8-9H2,1-2H3,(H,16,20)(H,18,19). The van der Waals surface area contributed by atoms with Crippen LogP contribution >= 0.6 is 11.3 Å². The lowest BCUT2D eigenvalue weighted by Gasteiger charge is -2.25. The number of carbonyl (C=O) groups excluding carboxylic acids is 1. The molecule has 1 aliphatic heterocycles. The van der Waals surface area contributed by atoms with Crippen LogP contribution in [0.15, 0.2) is 17.5 Å². The third-order valence-electron chi connectivity index (χ3n) is 3.83. The number of carboxylic acid groups (broad SMARTS) is 1. The van der Waals surface area contributed by atoms with Crippen molar-refractivity contribution in [1.82, 2.24) is 10.2 Å². The largest absolute Gasteiger partial charge is 0.481 e. The zero-order chi connectivity index (χ0) is 15.4. The van der Waals surface area contributed by atoms with E-state index in [0.717, 1.165) is 11.3 Å². The van der Waals surface area contributed by atoms with Crippen LogP contribution in [0.2, 0.25) is 0 Å². The minimum atomic E-state index is -0.791. The number of thiophene rings is 1. The molecular weight excluding hydrogens is 288 g/mol. The second-order valence-corrected chi connectivity index (χ2v) is 6.86. The molecule has 0 radical (unpaired) electrons. The summed E-state index contributed by atoms with van der Waals surface area (Å²) in [7, 11) is 0. The fraction of sp³-hybridized carbons (Fsp3) is 0.600. The van der Waals surface area contributed by atoms with Gasteiger partial charge in [-0.1, -0.05) is 19.9 Å². The molecule has 1 aliphatic rings. The Hall–Kier alpha value is -1.56. The Kier molecular flexibility index (Phi) is 5.22. The molecule has 0 saturated carbocycles. The molecule has 0 aliphatic carbocycles. The van der Waals surface area contributed by atoms with E-state index < -0.39 is 5.97 Å². The van der Waals surface area contributed by atoms with Crippen molar-refractivity contribution in [2.75, 3.05) is 13.1 Å². The Morgan fingerprint density at radius 3 is 2.86 bits per heavy atom. The van der Waals surface area contributed by atoms with Gasteiger partial charge in [-0.05, 0) is 29.7 Å². The van der Waals surface area contributed by atoms with E-state index in [2.05, 4.69) is 19.2 Å². The number of carboxylic acids is 1. The van der Waals surface area contributed by atoms with Crippen LogP contribution in [-0.2, 0) is 4.79 Å². The molecule has 2 N–H and O–H groups in total. The van der Waals surface area contributed by atoms with Crippen molar-refractivity contribution in [2.45, 2.75) is 32.7 Å². The maximum atomic E-state index is 12.4. The summed E-state index contributed by atoms with van der Waals surface area (Å²) in [6, 6.07) is 3.94. The summed E-state index contributed by atoms with van der Waals surface area (Å²) in [5.74, 6) is -0.404. The van der Waals surface area contributed by atoms with Crippen LogP contribution in [-0.4, -0.2) is 35.1 Å². The molecule has 2 rings (SSSR count). The summed E-state index contributed by atoms with van der Waals surface area (Å²) in [6.45, 7) is 5.34. The maximum absolute atomic E-state index is 12.4. The van der Waals surface area contributed by atoms with Gasteiger partial charge in [0, 0.05) is 24.4 Å². The number of hydrogen-bond donors (Lipinski definition) is 2. The van der Waals surface area contributed by atoms with Crippen LogP contribution < -0.4 is 5.32 Å². The summed E-state index contributed by atoms with van der Waals surface area (Å²) in [5.41, 5.74) is 0. The Labute approximate surface area is 129 Å². The highest BCUT2D eigenvalue weighted by Gasteiger charge is 2.29. The molecule has 0 aromatic carbocycles. The molecule has 116 valence electrons. The maximum Gasteiger partial charge on any atom is 0.317 e. The molecule has 5 nitrogen and oxygen atoms in total. The minimum absolute atomic E-state index is 0.0102. The number of rotatable bonds is 5. The van der Waals surface area contributed by atoms with Gasteiger partial charge < -0.3 is 15.3 Å². The van der Waals surface area contributed by atoms with Crippen molar-refractivity contribution in [3.8, 4) is 0 Å². The van der Waals surface area contributed by atoms with Gasteiger partial charge in [-0.3, -0.25) is 4.79 Å². The number of carbonyl (C=O) groups is 2. The number of amides is 2. The fourth-order valence-electron chi connectivity index (χ4n) is 2.69. The van der Waals surface area contributed by atoms with Crippen LogP contribution in [0.5, 0.6) is 0 Å². The van der Waals surface area contributed by atoms with E-state index in [-0.39, 0.29) is 24.4 Å². The van der Waals surface area contributed by atoms with Gasteiger partial charge >= 0.3 is 12.0 Å². The molecule has 2 amide bonds. The molecule has 2 unspecified atom stereocenters. The van der Waals surface area contributed by atoms with E-state index in [1.54, 1.807) is 16.2 Å². The molecule has 2 atom stereocenters. The molecule has 1 aromatic heterocycles. The van der Waals surface area contributed by atoms with Gasteiger partial charge in [-0.25, -0.2) is 4.79 Å². The second-order valence-electron chi connectivity index (χ2n) is 5.89. The van der Waals surface area contributed by atoms with E-state index in [9.17, 15) is 9.59 Å². The first-order chi connectivity index (χ1) is 9.97. The highest BCUT2D eigenvalue weighted by molar-refractivity contribution is 7.10. The zero-order valence-electron chi connectivity index (χ0n) is 12.4. The monoisotopic (exact) mass is 310 g/mol. The van der Waals surface area contributed by atoms with Crippen LogP contribution in [0.4, 0.5) is 4.79 Å². The average Bonchev–Trinajstić information content (AvgIpc) is 3.05. The number of nitrogens with one attached hydrogen (secondary N) is 1. The van der Waals surface area contributed by atoms with Gasteiger partial charge in [0.05, 0.1) is 6.04 Å². The quantitative estimate of drug-likeness (QED) is 0.878. The number of urea groups is 1. The Balaban J connectivity index is 1.93. The first kappa shape index (κ1) is 15.8. The van der Waals surface area contributed by atoms with Crippen LogP contribution in [0.25, 0.3) is 0 Å². The van der Waals surface area contributed by atoms with E-state index >= 15 is 0 Å². The Bertz CT molecular complexity index is 487. The van der Waals surface area contributed by atoms with Gasteiger partial charge in [-0.2, -0.15) is 0 Å². The predicted molar refractivity (Wildman–Crippen MR) is 82.4 cm³/mol. The molecule has 0 bridgehead atoms. The lowest BCUT2D eigenvalue weighted by atomic mass is 10.0. The summed E-state index contributed by atoms with van der Waals surface area (Å²) >= 11 is 1.64. The number of nitrogens with zero attached hydrogens (tertiary/aromatic N) is 1. The van der Waals surface area contributed by atoms with Gasteiger partial charge in [0.1, 0.15) is 0 Å². The van der Waals surface area contributed by atoms with E-state index in [1.165, 1.54) is 0 Å². The van der Waals surface area contributed by atoms with Crippen molar-refractivity contribution in [1.29, 1.82) is 0 Å². The van der Waals surface area contributed by atoms with Crippen molar-refractivity contribution < 1.29 is 14.7 Å². The smallest absolute Gasteiger partial charge is 0.317 e. The fourth-order valence-corrected chi connectivity index (χ4v) is 3.64. The third kappa shape index (κ3) is 4.20. The molecular formula is C15H22N2O3S. The van der Waals surface area contributed by atoms with Gasteiger partial charge in [0.15, 0.2) is 0 Å². The van der Waals surface area contributed by atoms with Crippen LogP contribution in [0.3, 0.4) is 0 Å². The number of likely N-dealkylation sites (tertiary alicyclic amines) is 1. The molecule has 1 saturated heterocycles. The first-order valence-electron chi connectivity index (χ1n) is 7.28. The van der Waals surface area contributed by atoms with Crippen LogP contribution in [0.1, 0.15) is 37.6 Å². The lowest BCUT2D eigenvalue weighted by Crippen LogP contribution is -2.41. The molecule has 1 aromatic rings. The zero-order valence-corrected chi connectivity index (χ0v) is 13.2. The normalized spacial score (nSPS) is 19.8. The van der Waals surface area contributed by atoms with Crippen LogP contribution in [0, 0.1) is 11.8 Å². The lowest BCUT2D eigenvalue weighted by molar-refractivity contribution is -0.138. The average molecular weight is 310 g/mol. The van der Waals surface area contributed by atoms with Crippen molar-refractivity contribution in [2.24, 2.45) is 11.8 Å². The summed E-state index contributed by atoms with van der Waals surface area (Å²) in [5, 5.41) is 13.9. The molecule has 21 heavy (non-hydrogen) atoms. The van der Waals surface area contributed by atoms with E-state index in [1.807, 2.05) is 17.5 Å². The Morgan fingerprint density at radius 1 is 1.52 bits per heavy atom. The first-order valence-corrected chi connectivity index (χ1v) is 8.16. The summed E-state index contributed by atoms with van der Waals surface area (Å²) < 4.78 is 0. The van der Waals surface area contributed by atoms with E-state index in [0.29, 0.717) is 19.0 Å². The summed E-state index contributed by atoms with van der Waals surface area (Å²) in [4.78, 5) is 26.0. The molecule has 2 heterocycles. The van der Waals surface area contributed by atoms with Gasteiger partial charge in [0.25, 0.3) is 0 Å². The van der Waals surface area contributed by atoms with Gasteiger partial charge in [0.2, 0.25) is 0 Å². The molecule has 1 fully saturated rings. The second kappa shape index (κ2) is 6.93. The van der Waals surface area contributed by atoms with Gasteiger partial charge in [-0.15, -0.1) is 11.3 Å². The molecule has 6 heteroatoms. The summed E-state index contributed by atoms with van der Waals surface area (Å²) in [6.07, 6.45) is 0.910.